The van der Waals surface area contributed by atoms with Crippen molar-refractivity contribution < 1.29 is 0 Å². The zero-order valence-corrected chi connectivity index (χ0v) is 26.1. The molecule has 0 bridgehead atoms. The number of aromatic nitrogens is 6. The normalized spacial score (nSPS) is 11.7. The number of benzene rings is 2. The standard InChI is InChI=1S/C32H32N6O2S2/c1-17-7-9-23-25(11-17)35-31(33-23)37-13-19(3)29(39)21(5)27(37)15-41-42-16-28-22(6)30(40)20(4)14-38(28)32-34-24-10-8-18(2)12-26(24)36-32/h7-14H,15-16H2,1-6H3,(H,33,35)(H,34,36). The van der Waals surface area contributed by atoms with Crippen LogP contribution in [-0.2, 0) is 11.5 Å². The van der Waals surface area contributed by atoms with Gasteiger partial charge in [-0.05, 0) is 76.9 Å². The molecule has 0 aliphatic heterocycles. The largest absolute Gasteiger partial charge is 0.323 e. The number of H-pyrrole nitrogens is 2. The summed E-state index contributed by atoms with van der Waals surface area (Å²) in [4.78, 5) is 42.4. The predicted octanol–water partition coefficient (Wildman–Crippen LogP) is 6.67. The molecule has 10 heteroatoms. The first-order valence-corrected chi connectivity index (χ1v) is 16.2. The van der Waals surface area contributed by atoms with E-state index >= 15 is 0 Å². The van der Waals surface area contributed by atoms with Crippen molar-refractivity contribution in [1.82, 2.24) is 29.1 Å². The summed E-state index contributed by atoms with van der Waals surface area (Å²) < 4.78 is 4.00. The predicted molar refractivity (Wildman–Crippen MR) is 174 cm³/mol. The lowest BCUT2D eigenvalue weighted by atomic mass is 10.1. The van der Waals surface area contributed by atoms with Gasteiger partial charge in [-0.2, -0.15) is 0 Å². The molecule has 0 saturated heterocycles. The summed E-state index contributed by atoms with van der Waals surface area (Å²) in [5.41, 5.74) is 10.6. The average molecular weight is 597 g/mol. The first-order chi connectivity index (χ1) is 20.1. The molecule has 0 aliphatic rings. The SMILES string of the molecule is Cc1ccc2nc(-n3cc(C)c(=O)c(C)c3CSSCc3c(C)c(=O)c(C)cn3-c3nc4ccc(C)cc4[nH]3)[nH]c2c1. The summed E-state index contributed by atoms with van der Waals surface area (Å²) in [6.45, 7) is 11.5. The Hall–Kier alpha value is -4.02. The molecule has 0 aliphatic carbocycles. The Kier molecular flexibility index (Phi) is 7.36. The summed E-state index contributed by atoms with van der Waals surface area (Å²) in [5.74, 6) is 2.54. The third-order valence-electron chi connectivity index (χ3n) is 7.67. The van der Waals surface area contributed by atoms with Gasteiger partial charge in [0.05, 0.1) is 22.1 Å². The fourth-order valence-electron chi connectivity index (χ4n) is 5.25. The third kappa shape index (κ3) is 5.09. The molecule has 4 aromatic heterocycles. The van der Waals surface area contributed by atoms with Crippen LogP contribution in [0.25, 0.3) is 34.0 Å². The molecule has 0 spiro atoms. The monoisotopic (exact) mass is 596 g/mol. The van der Waals surface area contributed by atoms with Crippen LogP contribution in [0.5, 0.6) is 0 Å². The van der Waals surface area contributed by atoms with Gasteiger partial charge in [0.1, 0.15) is 0 Å². The Balaban J connectivity index is 1.30. The number of fused-ring (bicyclic) bond motifs is 2. The van der Waals surface area contributed by atoms with Crippen LogP contribution in [0.4, 0.5) is 0 Å². The van der Waals surface area contributed by atoms with E-state index in [4.69, 9.17) is 9.97 Å². The van der Waals surface area contributed by atoms with Crippen molar-refractivity contribution in [3.05, 3.63) is 114 Å². The van der Waals surface area contributed by atoms with Gasteiger partial charge < -0.3 is 9.97 Å². The van der Waals surface area contributed by atoms with Crippen LogP contribution < -0.4 is 10.9 Å². The van der Waals surface area contributed by atoms with Gasteiger partial charge in [0.15, 0.2) is 10.9 Å². The van der Waals surface area contributed by atoms with Crippen molar-refractivity contribution in [2.24, 2.45) is 0 Å². The van der Waals surface area contributed by atoms with Gasteiger partial charge in [-0.15, -0.1) is 0 Å². The van der Waals surface area contributed by atoms with Crippen molar-refractivity contribution in [3.63, 3.8) is 0 Å². The smallest absolute Gasteiger partial charge is 0.212 e. The molecule has 2 N–H and O–H groups in total. The summed E-state index contributed by atoms with van der Waals surface area (Å²) in [6.07, 6.45) is 3.73. The second-order valence-electron chi connectivity index (χ2n) is 10.9. The Morgan fingerprint density at radius 3 is 1.45 bits per heavy atom. The molecular weight excluding hydrogens is 565 g/mol. The third-order valence-corrected chi connectivity index (χ3v) is 9.83. The highest BCUT2D eigenvalue weighted by molar-refractivity contribution is 8.76. The minimum absolute atomic E-state index is 0.0437. The van der Waals surface area contributed by atoms with Crippen LogP contribution in [0.15, 0.2) is 58.4 Å². The molecule has 214 valence electrons. The number of imidazole rings is 2. The van der Waals surface area contributed by atoms with Crippen molar-refractivity contribution >= 4 is 43.7 Å². The van der Waals surface area contributed by atoms with Gasteiger partial charge in [-0.25, -0.2) is 9.97 Å². The van der Waals surface area contributed by atoms with Crippen molar-refractivity contribution in [1.29, 1.82) is 0 Å². The second kappa shape index (κ2) is 11.0. The Bertz CT molecular complexity index is 1970. The molecule has 0 fully saturated rings. The van der Waals surface area contributed by atoms with Gasteiger partial charge in [-0.3, -0.25) is 18.7 Å². The molecule has 0 atom stereocenters. The highest BCUT2D eigenvalue weighted by Gasteiger charge is 2.17. The number of nitrogens with zero attached hydrogens (tertiary/aromatic N) is 4. The minimum atomic E-state index is 0.0437. The molecule has 0 radical (unpaired) electrons. The van der Waals surface area contributed by atoms with Crippen molar-refractivity contribution in [2.45, 2.75) is 53.0 Å². The first kappa shape index (κ1) is 28.1. The van der Waals surface area contributed by atoms with Crippen LogP contribution in [-0.4, -0.2) is 29.1 Å². The van der Waals surface area contributed by atoms with Gasteiger partial charge in [0.2, 0.25) is 11.9 Å². The topological polar surface area (TPSA) is 101 Å². The highest BCUT2D eigenvalue weighted by atomic mass is 33.1. The van der Waals surface area contributed by atoms with E-state index in [1.54, 1.807) is 21.6 Å². The zero-order chi connectivity index (χ0) is 29.7. The van der Waals surface area contributed by atoms with E-state index in [2.05, 4.69) is 35.9 Å². The number of nitrogens with one attached hydrogen (secondary N) is 2. The lowest BCUT2D eigenvalue weighted by molar-refractivity contribution is 0.876. The molecular formula is C32H32N6O2S2. The van der Waals surface area contributed by atoms with Crippen LogP contribution >= 0.6 is 21.6 Å². The summed E-state index contributed by atoms with van der Waals surface area (Å²) in [6, 6.07) is 12.2. The molecule has 0 amide bonds. The van der Waals surface area contributed by atoms with E-state index in [9.17, 15) is 9.59 Å². The lowest BCUT2D eigenvalue weighted by Gasteiger charge is -2.16. The number of aromatic amines is 2. The second-order valence-corrected chi connectivity index (χ2v) is 13.3. The van der Waals surface area contributed by atoms with Gasteiger partial charge in [0.25, 0.3) is 0 Å². The minimum Gasteiger partial charge on any atom is -0.323 e. The highest BCUT2D eigenvalue weighted by Crippen LogP contribution is 2.32. The number of rotatable bonds is 7. The fourth-order valence-corrected chi connectivity index (χ4v) is 7.52. The Morgan fingerprint density at radius 2 is 1.05 bits per heavy atom. The molecule has 2 aromatic carbocycles. The molecule has 6 rings (SSSR count). The molecule has 6 aromatic rings. The first-order valence-electron chi connectivity index (χ1n) is 13.7. The van der Waals surface area contributed by atoms with Gasteiger partial charge in [0, 0.05) is 57.5 Å². The van der Waals surface area contributed by atoms with E-state index in [-0.39, 0.29) is 10.9 Å². The quantitative estimate of drug-likeness (QED) is 0.158. The van der Waals surface area contributed by atoms with Crippen LogP contribution in [0.1, 0.15) is 44.8 Å². The maximum absolute atomic E-state index is 12.9. The Morgan fingerprint density at radius 1 is 0.643 bits per heavy atom. The van der Waals surface area contributed by atoms with Crippen LogP contribution in [0.2, 0.25) is 0 Å². The average Bonchev–Trinajstić information content (AvgIpc) is 3.57. The maximum atomic E-state index is 12.9. The van der Waals surface area contributed by atoms with Crippen LogP contribution in [0.3, 0.4) is 0 Å². The van der Waals surface area contributed by atoms with Gasteiger partial charge >= 0.3 is 0 Å². The number of aryl methyl sites for hydroxylation is 4. The summed E-state index contributed by atoms with van der Waals surface area (Å²) in [7, 11) is 3.29. The Labute approximate surface area is 251 Å². The molecule has 0 saturated carbocycles. The van der Waals surface area contributed by atoms with E-state index in [1.165, 1.54) is 0 Å². The van der Waals surface area contributed by atoms with E-state index in [0.29, 0.717) is 45.7 Å². The van der Waals surface area contributed by atoms with Gasteiger partial charge in [-0.1, -0.05) is 33.7 Å². The van der Waals surface area contributed by atoms with E-state index in [0.717, 1.165) is 44.6 Å². The number of hydrogen-bond acceptors (Lipinski definition) is 6. The van der Waals surface area contributed by atoms with Crippen molar-refractivity contribution in [3.8, 4) is 11.9 Å². The number of hydrogen-bond donors (Lipinski definition) is 2. The maximum Gasteiger partial charge on any atom is 0.212 e. The lowest BCUT2D eigenvalue weighted by Crippen LogP contribution is -2.19. The zero-order valence-electron chi connectivity index (χ0n) is 24.5. The summed E-state index contributed by atoms with van der Waals surface area (Å²) >= 11 is 0. The fraction of sp³-hybridized carbons (Fsp3) is 0.250. The van der Waals surface area contributed by atoms with Crippen LogP contribution in [0, 0.1) is 41.5 Å². The van der Waals surface area contributed by atoms with E-state index < -0.39 is 0 Å². The number of pyridine rings is 2. The molecule has 4 heterocycles. The molecule has 8 nitrogen and oxygen atoms in total. The molecule has 0 unspecified atom stereocenters. The summed E-state index contributed by atoms with van der Waals surface area (Å²) in [5, 5.41) is 0. The molecule has 42 heavy (non-hydrogen) atoms. The van der Waals surface area contributed by atoms with Crippen molar-refractivity contribution in [2.75, 3.05) is 0 Å². The van der Waals surface area contributed by atoms with E-state index in [1.807, 2.05) is 73.5 Å².